The van der Waals surface area contributed by atoms with Crippen molar-refractivity contribution in [3.63, 3.8) is 0 Å². The van der Waals surface area contributed by atoms with E-state index >= 15 is 0 Å². The average Bonchev–Trinajstić information content (AvgIpc) is 3.06. The molecule has 0 saturated heterocycles. The lowest BCUT2D eigenvalue weighted by Gasteiger charge is -2.26. The predicted octanol–water partition coefficient (Wildman–Crippen LogP) is 1.80. The number of aliphatic hydroxyl groups excluding tert-OH is 1. The minimum absolute atomic E-state index is 0.439. The normalized spacial score (nSPS) is 17.4. The van der Waals surface area contributed by atoms with Crippen molar-refractivity contribution < 1.29 is 5.11 Å². The van der Waals surface area contributed by atoms with Crippen molar-refractivity contribution >= 4 is 11.3 Å². The van der Waals surface area contributed by atoms with Gasteiger partial charge in [0, 0.05) is 24.7 Å². The number of aliphatic hydroxyl groups is 1. The van der Waals surface area contributed by atoms with E-state index in [-0.39, 0.29) is 0 Å². The van der Waals surface area contributed by atoms with Crippen LogP contribution < -0.4 is 0 Å². The molecular formula is C13H18N4OS. The number of hydrogen-bond acceptors (Lipinski definition) is 5. The Morgan fingerprint density at radius 1 is 1.47 bits per heavy atom. The van der Waals surface area contributed by atoms with Crippen molar-refractivity contribution in [3.8, 4) is 0 Å². The van der Waals surface area contributed by atoms with E-state index in [0.29, 0.717) is 6.42 Å². The number of fused-ring (bicyclic) bond motifs is 1. The minimum atomic E-state index is -0.439. The molecule has 2 aromatic heterocycles. The SMILES string of the molecule is CC[C@@H](O)c1cc2n(n1)CCN(Cc1nccs1)C2. The number of thiazole rings is 1. The molecule has 1 aliphatic heterocycles. The van der Waals surface area contributed by atoms with Crippen LogP contribution >= 0.6 is 11.3 Å². The van der Waals surface area contributed by atoms with Crippen molar-refractivity contribution in [1.82, 2.24) is 19.7 Å². The van der Waals surface area contributed by atoms with E-state index in [0.717, 1.165) is 36.9 Å². The maximum Gasteiger partial charge on any atom is 0.107 e. The van der Waals surface area contributed by atoms with E-state index in [9.17, 15) is 5.11 Å². The Balaban J connectivity index is 1.71. The van der Waals surface area contributed by atoms with E-state index < -0.39 is 6.10 Å². The largest absolute Gasteiger partial charge is 0.387 e. The highest BCUT2D eigenvalue weighted by Crippen LogP contribution is 2.21. The molecule has 0 bridgehead atoms. The molecule has 1 N–H and O–H groups in total. The number of rotatable bonds is 4. The zero-order valence-electron chi connectivity index (χ0n) is 11.0. The lowest BCUT2D eigenvalue weighted by atomic mass is 10.2. The first-order valence-electron chi connectivity index (χ1n) is 6.61. The van der Waals surface area contributed by atoms with Crippen LogP contribution in [0.3, 0.4) is 0 Å². The standard InChI is InChI=1S/C13H18N4OS/c1-2-12(18)11-7-10-8-16(4-5-17(10)15-11)9-13-14-3-6-19-13/h3,6-7,12,18H,2,4-5,8-9H2,1H3/t12-/m1/s1. The third kappa shape index (κ3) is 2.70. The predicted molar refractivity (Wildman–Crippen MR) is 73.7 cm³/mol. The molecule has 0 radical (unpaired) electrons. The fourth-order valence-corrected chi connectivity index (χ4v) is 3.03. The summed E-state index contributed by atoms with van der Waals surface area (Å²) in [7, 11) is 0. The maximum absolute atomic E-state index is 9.85. The highest BCUT2D eigenvalue weighted by Gasteiger charge is 2.20. The van der Waals surface area contributed by atoms with Gasteiger partial charge in [-0.05, 0) is 12.5 Å². The lowest BCUT2D eigenvalue weighted by molar-refractivity contribution is 0.166. The Labute approximate surface area is 116 Å². The van der Waals surface area contributed by atoms with E-state index in [1.165, 1.54) is 5.69 Å². The van der Waals surface area contributed by atoms with Gasteiger partial charge in [-0.3, -0.25) is 9.58 Å². The van der Waals surface area contributed by atoms with Crippen molar-refractivity contribution in [3.05, 3.63) is 34.0 Å². The Kier molecular flexibility index (Phi) is 3.63. The molecule has 19 heavy (non-hydrogen) atoms. The van der Waals surface area contributed by atoms with Crippen LogP contribution in [0.1, 0.15) is 35.8 Å². The summed E-state index contributed by atoms with van der Waals surface area (Å²) in [5.74, 6) is 0. The molecule has 0 spiro atoms. The van der Waals surface area contributed by atoms with Gasteiger partial charge in [-0.1, -0.05) is 6.92 Å². The van der Waals surface area contributed by atoms with Gasteiger partial charge in [-0.15, -0.1) is 11.3 Å². The molecule has 0 unspecified atom stereocenters. The van der Waals surface area contributed by atoms with E-state index in [1.54, 1.807) is 11.3 Å². The van der Waals surface area contributed by atoms with Crippen molar-refractivity contribution in [2.24, 2.45) is 0 Å². The second-order valence-corrected chi connectivity index (χ2v) is 5.82. The summed E-state index contributed by atoms with van der Waals surface area (Å²) in [5, 5.41) is 17.5. The van der Waals surface area contributed by atoms with E-state index in [2.05, 4.69) is 15.0 Å². The second kappa shape index (κ2) is 5.40. The van der Waals surface area contributed by atoms with Gasteiger partial charge in [0.25, 0.3) is 0 Å². The number of aromatic nitrogens is 3. The summed E-state index contributed by atoms with van der Waals surface area (Å²) < 4.78 is 2.02. The van der Waals surface area contributed by atoms with Crippen LogP contribution in [-0.4, -0.2) is 31.3 Å². The first kappa shape index (κ1) is 12.8. The Hall–Kier alpha value is -1.24. The van der Waals surface area contributed by atoms with Gasteiger partial charge in [0.15, 0.2) is 0 Å². The van der Waals surface area contributed by atoms with Crippen molar-refractivity contribution in [2.45, 2.75) is 39.1 Å². The molecule has 0 saturated carbocycles. The zero-order valence-corrected chi connectivity index (χ0v) is 11.8. The lowest BCUT2D eigenvalue weighted by Crippen LogP contribution is -2.33. The first-order chi connectivity index (χ1) is 9.26. The highest BCUT2D eigenvalue weighted by atomic mass is 32.1. The molecule has 0 aromatic carbocycles. The van der Waals surface area contributed by atoms with Crippen LogP contribution in [0.5, 0.6) is 0 Å². The molecule has 1 atom stereocenters. The van der Waals surface area contributed by atoms with Gasteiger partial charge in [0.1, 0.15) is 5.01 Å². The average molecular weight is 278 g/mol. The smallest absolute Gasteiger partial charge is 0.107 e. The van der Waals surface area contributed by atoms with Gasteiger partial charge in [-0.25, -0.2) is 4.98 Å². The highest BCUT2D eigenvalue weighted by molar-refractivity contribution is 7.09. The van der Waals surface area contributed by atoms with Gasteiger partial charge >= 0.3 is 0 Å². The third-order valence-electron chi connectivity index (χ3n) is 3.47. The summed E-state index contributed by atoms with van der Waals surface area (Å²) in [6.45, 7) is 5.61. The van der Waals surface area contributed by atoms with Crippen LogP contribution in [-0.2, 0) is 19.6 Å². The molecule has 1 aliphatic rings. The molecule has 0 fully saturated rings. The van der Waals surface area contributed by atoms with Gasteiger partial charge in [0.2, 0.25) is 0 Å². The molecule has 6 heteroatoms. The molecule has 3 rings (SSSR count). The van der Waals surface area contributed by atoms with E-state index in [4.69, 9.17) is 0 Å². The molecule has 5 nitrogen and oxygen atoms in total. The minimum Gasteiger partial charge on any atom is -0.387 e. The maximum atomic E-state index is 9.85. The third-order valence-corrected chi connectivity index (χ3v) is 4.23. The van der Waals surface area contributed by atoms with Crippen LogP contribution in [0.2, 0.25) is 0 Å². The molecule has 102 valence electrons. The quantitative estimate of drug-likeness (QED) is 0.926. The van der Waals surface area contributed by atoms with Gasteiger partial charge < -0.3 is 5.11 Å². The van der Waals surface area contributed by atoms with Gasteiger partial charge in [-0.2, -0.15) is 5.10 Å². The monoisotopic (exact) mass is 278 g/mol. The molecule has 3 heterocycles. The van der Waals surface area contributed by atoms with Crippen LogP contribution in [0.25, 0.3) is 0 Å². The fourth-order valence-electron chi connectivity index (χ4n) is 2.37. The van der Waals surface area contributed by atoms with Crippen LogP contribution in [0, 0.1) is 0 Å². The second-order valence-electron chi connectivity index (χ2n) is 4.84. The van der Waals surface area contributed by atoms with Gasteiger partial charge in [0.05, 0.1) is 30.6 Å². The van der Waals surface area contributed by atoms with Crippen LogP contribution in [0.15, 0.2) is 17.6 Å². The van der Waals surface area contributed by atoms with Crippen molar-refractivity contribution in [2.75, 3.05) is 6.54 Å². The fraction of sp³-hybridized carbons (Fsp3) is 0.538. The van der Waals surface area contributed by atoms with E-state index in [1.807, 2.05) is 29.2 Å². The summed E-state index contributed by atoms with van der Waals surface area (Å²) in [5.41, 5.74) is 1.99. The summed E-state index contributed by atoms with van der Waals surface area (Å²) in [4.78, 5) is 6.70. The number of hydrogen-bond donors (Lipinski definition) is 1. The first-order valence-corrected chi connectivity index (χ1v) is 7.49. The Morgan fingerprint density at radius 3 is 3.11 bits per heavy atom. The molecule has 2 aromatic rings. The summed E-state index contributed by atoms with van der Waals surface area (Å²) in [6, 6.07) is 2.03. The summed E-state index contributed by atoms with van der Waals surface area (Å²) >= 11 is 1.70. The topological polar surface area (TPSA) is 54.2 Å². The molecular weight excluding hydrogens is 260 g/mol. The summed E-state index contributed by atoms with van der Waals surface area (Å²) in [6.07, 6.45) is 2.12. The zero-order chi connectivity index (χ0) is 13.2. The van der Waals surface area contributed by atoms with Crippen LogP contribution in [0.4, 0.5) is 0 Å². The molecule has 0 amide bonds. The van der Waals surface area contributed by atoms with Crippen molar-refractivity contribution in [1.29, 1.82) is 0 Å². The molecule has 0 aliphatic carbocycles. The Bertz CT molecular complexity index is 537. The Morgan fingerprint density at radius 2 is 2.37 bits per heavy atom. The number of nitrogens with zero attached hydrogens (tertiary/aromatic N) is 4.